The molecule has 4 rings (SSSR count). The Kier molecular flexibility index (Phi) is 5.06. The van der Waals surface area contributed by atoms with Crippen molar-refractivity contribution in [1.82, 2.24) is 5.32 Å². The van der Waals surface area contributed by atoms with Crippen LogP contribution in [0.2, 0.25) is 0 Å². The molecule has 1 amide bonds. The Bertz CT molecular complexity index is 789. The predicted molar refractivity (Wildman–Crippen MR) is 111 cm³/mol. The van der Waals surface area contributed by atoms with E-state index in [1.54, 1.807) is 0 Å². The van der Waals surface area contributed by atoms with Crippen LogP contribution in [0.15, 0.2) is 54.6 Å². The Balaban J connectivity index is 1.61. The van der Waals surface area contributed by atoms with Crippen LogP contribution in [0.5, 0.6) is 0 Å². The van der Waals surface area contributed by atoms with Crippen LogP contribution in [0.4, 0.5) is 11.4 Å². The zero-order chi connectivity index (χ0) is 18.8. The number of hydrogen-bond acceptors (Lipinski definition) is 3. The summed E-state index contributed by atoms with van der Waals surface area (Å²) in [4.78, 5) is 18.0. The zero-order valence-corrected chi connectivity index (χ0v) is 16.3. The minimum Gasteiger partial charge on any atom is -0.368 e. The Labute approximate surface area is 162 Å². The van der Waals surface area contributed by atoms with Crippen molar-refractivity contribution in [2.45, 2.75) is 26.3 Å². The molecule has 1 fully saturated rings. The second-order valence-corrected chi connectivity index (χ2v) is 8.12. The normalized spacial score (nSPS) is 21.6. The lowest BCUT2D eigenvalue weighted by atomic mass is 9.83. The van der Waals surface area contributed by atoms with E-state index in [4.69, 9.17) is 0 Å². The van der Waals surface area contributed by atoms with Crippen molar-refractivity contribution in [1.29, 1.82) is 0 Å². The number of fused-ring (bicyclic) bond motifs is 3. The first-order valence-electron chi connectivity index (χ1n) is 10.1. The van der Waals surface area contributed by atoms with Gasteiger partial charge < -0.3 is 15.1 Å². The van der Waals surface area contributed by atoms with E-state index in [0.717, 1.165) is 32.6 Å². The van der Waals surface area contributed by atoms with E-state index in [2.05, 4.69) is 83.6 Å². The summed E-state index contributed by atoms with van der Waals surface area (Å²) in [5.41, 5.74) is 3.85. The molecule has 0 saturated carbocycles. The fourth-order valence-corrected chi connectivity index (χ4v) is 4.37. The van der Waals surface area contributed by atoms with E-state index in [1.807, 2.05) is 0 Å². The Morgan fingerprint density at radius 1 is 1.07 bits per heavy atom. The molecule has 1 saturated heterocycles. The largest absolute Gasteiger partial charge is 0.368 e. The Hall–Kier alpha value is -2.49. The SMILES string of the molecule is CC(C)CNC(=O)C1Cc2ccccc2N2CCN(c3ccccc3)CC12. The van der Waals surface area contributed by atoms with Gasteiger partial charge in [-0.15, -0.1) is 0 Å². The molecule has 0 radical (unpaired) electrons. The van der Waals surface area contributed by atoms with Gasteiger partial charge in [-0.25, -0.2) is 0 Å². The van der Waals surface area contributed by atoms with Crippen LogP contribution in [0.1, 0.15) is 19.4 Å². The van der Waals surface area contributed by atoms with Gasteiger partial charge in [-0.1, -0.05) is 50.2 Å². The van der Waals surface area contributed by atoms with Crippen LogP contribution in [0.25, 0.3) is 0 Å². The number of carbonyl (C=O) groups excluding carboxylic acids is 1. The molecule has 4 heteroatoms. The van der Waals surface area contributed by atoms with E-state index in [9.17, 15) is 4.79 Å². The number of rotatable bonds is 4. The molecule has 2 atom stereocenters. The second kappa shape index (κ2) is 7.63. The highest BCUT2D eigenvalue weighted by atomic mass is 16.1. The molecule has 0 spiro atoms. The van der Waals surface area contributed by atoms with Gasteiger partial charge in [-0.05, 0) is 36.1 Å². The molecule has 0 bridgehead atoms. The highest BCUT2D eigenvalue weighted by Gasteiger charge is 2.41. The van der Waals surface area contributed by atoms with Gasteiger partial charge in [-0.3, -0.25) is 4.79 Å². The smallest absolute Gasteiger partial charge is 0.225 e. The lowest BCUT2D eigenvalue weighted by Gasteiger charge is -2.49. The van der Waals surface area contributed by atoms with Crippen molar-refractivity contribution < 1.29 is 4.79 Å². The fourth-order valence-electron chi connectivity index (χ4n) is 4.37. The standard InChI is InChI=1S/C23H29N3O/c1-17(2)15-24-23(27)20-14-18-8-6-7-11-21(18)26-13-12-25(16-22(20)26)19-9-4-3-5-10-19/h3-11,17,20,22H,12-16H2,1-2H3,(H,24,27). The molecule has 2 aromatic carbocycles. The third-order valence-corrected chi connectivity index (χ3v) is 5.77. The Morgan fingerprint density at radius 2 is 1.81 bits per heavy atom. The average Bonchev–Trinajstić information content (AvgIpc) is 2.71. The monoisotopic (exact) mass is 363 g/mol. The number of nitrogens with zero attached hydrogens (tertiary/aromatic N) is 2. The van der Waals surface area contributed by atoms with Crippen molar-refractivity contribution >= 4 is 17.3 Å². The molecular weight excluding hydrogens is 334 g/mol. The predicted octanol–water partition coefficient (Wildman–Crippen LogP) is 3.33. The van der Waals surface area contributed by atoms with Crippen molar-refractivity contribution in [3.63, 3.8) is 0 Å². The number of amides is 1. The first kappa shape index (κ1) is 17.9. The van der Waals surface area contributed by atoms with E-state index in [1.165, 1.54) is 16.9 Å². The minimum atomic E-state index is -0.00911. The summed E-state index contributed by atoms with van der Waals surface area (Å²) >= 11 is 0. The lowest BCUT2D eigenvalue weighted by molar-refractivity contribution is -0.126. The van der Waals surface area contributed by atoms with Crippen molar-refractivity contribution in [3.8, 4) is 0 Å². The summed E-state index contributed by atoms with van der Waals surface area (Å²) in [6.45, 7) is 7.84. The summed E-state index contributed by atoms with van der Waals surface area (Å²) in [6.07, 6.45) is 0.823. The molecule has 2 aliphatic heterocycles. The molecule has 1 N–H and O–H groups in total. The molecule has 4 nitrogen and oxygen atoms in total. The summed E-state index contributed by atoms with van der Waals surface area (Å²) in [5, 5.41) is 3.19. The molecule has 27 heavy (non-hydrogen) atoms. The van der Waals surface area contributed by atoms with Gasteiger partial charge in [0.2, 0.25) is 5.91 Å². The lowest BCUT2D eigenvalue weighted by Crippen LogP contribution is -2.61. The number of piperazine rings is 1. The highest BCUT2D eigenvalue weighted by molar-refractivity contribution is 5.82. The minimum absolute atomic E-state index is 0.00911. The molecule has 2 heterocycles. The van der Waals surface area contributed by atoms with Crippen molar-refractivity contribution in [2.75, 3.05) is 36.0 Å². The van der Waals surface area contributed by atoms with Crippen LogP contribution in [0, 0.1) is 11.8 Å². The van der Waals surface area contributed by atoms with E-state index < -0.39 is 0 Å². The highest BCUT2D eigenvalue weighted by Crippen LogP contribution is 2.36. The number of nitrogens with one attached hydrogen (secondary N) is 1. The van der Waals surface area contributed by atoms with Crippen LogP contribution < -0.4 is 15.1 Å². The van der Waals surface area contributed by atoms with Crippen molar-refractivity contribution in [3.05, 3.63) is 60.2 Å². The molecular formula is C23H29N3O. The maximum absolute atomic E-state index is 13.1. The van der Waals surface area contributed by atoms with E-state index in [-0.39, 0.29) is 17.9 Å². The second-order valence-electron chi connectivity index (χ2n) is 8.12. The first-order valence-corrected chi connectivity index (χ1v) is 10.1. The molecule has 142 valence electrons. The third kappa shape index (κ3) is 3.66. The quantitative estimate of drug-likeness (QED) is 0.905. The number of anilines is 2. The molecule has 0 aliphatic carbocycles. The summed E-state index contributed by atoms with van der Waals surface area (Å²) in [5.74, 6) is 0.654. The maximum Gasteiger partial charge on any atom is 0.225 e. The maximum atomic E-state index is 13.1. The van der Waals surface area contributed by atoms with Crippen molar-refractivity contribution in [2.24, 2.45) is 11.8 Å². The van der Waals surface area contributed by atoms with Gasteiger partial charge in [0.25, 0.3) is 0 Å². The van der Waals surface area contributed by atoms with Gasteiger partial charge >= 0.3 is 0 Å². The fraction of sp³-hybridized carbons (Fsp3) is 0.435. The molecule has 2 unspecified atom stereocenters. The average molecular weight is 364 g/mol. The van der Waals surface area contributed by atoms with Crippen LogP contribution in [-0.4, -0.2) is 38.1 Å². The van der Waals surface area contributed by atoms with E-state index >= 15 is 0 Å². The molecule has 2 aliphatic rings. The summed E-state index contributed by atoms with van der Waals surface area (Å²) in [6, 6.07) is 19.4. The number of hydrogen-bond donors (Lipinski definition) is 1. The topological polar surface area (TPSA) is 35.6 Å². The van der Waals surface area contributed by atoms with Gasteiger partial charge in [0, 0.05) is 37.6 Å². The van der Waals surface area contributed by atoms with Crippen LogP contribution >= 0.6 is 0 Å². The molecule has 2 aromatic rings. The number of benzene rings is 2. The van der Waals surface area contributed by atoms with Crippen LogP contribution in [0.3, 0.4) is 0 Å². The summed E-state index contributed by atoms with van der Waals surface area (Å²) < 4.78 is 0. The van der Waals surface area contributed by atoms with Gasteiger partial charge in [-0.2, -0.15) is 0 Å². The number of para-hydroxylation sites is 2. The van der Waals surface area contributed by atoms with E-state index in [0.29, 0.717) is 5.92 Å². The van der Waals surface area contributed by atoms with Gasteiger partial charge in [0.05, 0.1) is 12.0 Å². The number of carbonyl (C=O) groups is 1. The van der Waals surface area contributed by atoms with Gasteiger partial charge in [0.15, 0.2) is 0 Å². The van der Waals surface area contributed by atoms with Gasteiger partial charge in [0.1, 0.15) is 0 Å². The third-order valence-electron chi connectivity index (χ3n) is 5.77. The molecule has 0 aromatic heterocycles. The van der Waals surface area contributed by atoms with Crippen LogP contribution in [-0.2, 0) is 11.2 Å². The zero-order valence-electron chi connectivity index (χ0n) is 16.3. The Morgan fingerprint density at radius 3 is 2.59 bits per heavy atom. The summed E-state index contributed by atoms with van der Waals surface area (Å²) in [7, 11) is 0. The first-order chi connectivity index (χ1) is 13.1.